The zero-order chi connectivity index (χ0) is 15.4. The van der Waals surface area contributed by atoms with Crippen LogP contribution in [0.3, 0.4) is 0 Å². The fourth-order valence-corrected chi connectivity index (χ4v) is 2.55. The van der Waals surface area contributed by atoms with E-state index < -0.39 is 5.38 Å². The van der Waals surface area contributed by atoms with E-state index in [2.05, 4.69) is 0 Å². The summed E-state index contributed by atoms with van der Waals surface area (Å²) in [5.41, 5.74) is 1.66. The van der Waals surface area contributed by atoms with Crippen LogP contribution in [0.4, 0.5) is 0 Å². The molecule has 0 aliphatic carbocycles. The number of fused-ring (bicyclic) bond motifs is 1. The second kappa shape index (κ2) is 6.59. The predicted molar refractivity (Wildman–Crippen MR) is 93.4 cm³/mol. The van der Waals surface area contributed by atoms with Crippen molar-refractivity contribution in [1.29, 1.82) is 0 Å². The minimum absolute atomic E-state index is 0.0837. The van der Waals surface area contributed by atoms with Gasteiger partial charge in [0.25, 0.3) is 0 Å². The van der Waals surface area contributed by atoms with Crippen molar-refractivity contribution in [3.63, 3.8) is 0 Å². The van der Waals surface area contributed by atoms with Crippen molar-refractivity contribution in [2.24, 2.45) is 0 Å². The zero-order valence-electron chi connectivity index (χ0n) is 11.9. The van der Waals surface area contributed by atoms with E-state index in [9.17, 15) is 4.79 Å². The highest BCUT2D eigenvalue weighted by molar-refractivity contribution is 6.35. The van der Waals surface area contributed by atoms with Crippen LogP contribution >= 0.6 is 11.6 Å². The van der Waals surface area contributed by atoms with Crippen LogP contribution < -0.4 is 0 Å². The van der Waals surface area contributed by atoms with Gasteiger partial charge >= 0.3 is 0 Å². The third kappa shape index (κ3) is 3.26. The smallest absolute Gasteiger partial charge is 0.184 e. The molecule has 0 saturated carbocycles. The van der Waals surface area contributed by atoms with E-state index >= 15 is 0 Å². The summed E-state index contributed by atoms with van der Waals surface area (Å²) in [7, 11) is 0. The van der Waals surface area contributed by atoms with Crippen molar-refractivity contribution in [3.05, 3.63) is 90.0 Å². The topological polar surface area (TPSA) is 17.1 Å². The molecule has 0 aromatic heterocycles. The van der Waals surface area contributed by atoms with Gasteiger partial charge in [-0.3, -0.25) is 4.79 Å². The molecule has 3 rings (SSSR count). The van der Waals surface area contributed by atoms with Crippen molar-refractivity contribution in [2.45, 2.75) is 5.38 Å². The molecule has 0 heterocycles. The largest absolute Gasteiger partial charge is 0.292 e. The number of ketones is 1. The molecule has 1 nitrogen and oxygen atoms in total. The molecule has 2 heteroatoms. The normalized spacial score (nSPS) is 12.6. The summed E-state index contributed by atoms with van der Waals surface area (Å²) in [5.74, 6) is -0.0837. The van der Waals surface area contributed by atoms with Crippen LogP contribution in [0.15, 0.2) is 78.9 Å². The Kier molecular flexibility index (Phi) is 4.36. The molecular formula is C20H15ClO. The van der Waals surface area contributed by atoms with Gasteiger partial charge in [-0.1, -0.05) is 78.9 Å². The van der Waals surface area contributed by atoms with Crippen LogP contribution in [0.1, 0.15) is 15.9 Å². The second-order valence-electron chi connectivity index (χ2n) is 5.10. The molecule has 108 valence electrons. The van der Waals surface area contributed by atoms with Gasteiger partial charge in [0.1, 0.15) is 5.38 Å². The van der Waals surface area contributed by atoms with Gasteiger partial charge < -0.3 is 0 Å². The van der Waals surface area contributed by atoms with Crippen molar-refractivity contribution in [1.82, 2.24) is 0 Å². The van der Waals surface area contributed by atoms with Crippen LogP contribution in [0.25, 0.3) is 16.8 Å². The first-order chi connectivity index (χ1) is 10.7. The zero-order valence-corrected chi connectivity index (χ0v) is 12.7. The minimum atomic E-state index is -0.665. The Morgan fingerprint density at radius 3 is 2.32 bits per heavy atom. The summed E-state index contributed by atoms with van der Waals surface area (Å²) in [6, 6.07) is 23.4. The Balaban J connectivity index is 1.81. The maximum atomic E-state index is 12.4. The molecule has 22 heavy (non-hydrogen) atoms. The highest BCUT2D eigenvalue weighted by atomic mass is 35.5. The molecule has 0 aliphatic heterocycles. The molecule has 0 fully saturated rings. The van der Waals surface area contributed by atoms with Gasteiger partial charge in [-0.25, -0.2) is 0 Å². The SMILES string of the molecule is O=C(c1ccc2ccccc2c1)C(Cl)C=Cc1ccccc1. The lowest BCUT2D eigenvalue weighted by Crippen LogP contribution is -2.11. The van der Waals surface area contributed by atoms with Gasteiger partial charge in [0.2, 0.25) is 0 Å². The molecule has 1 unspecified atom stereocenters. The number of carbonyl (C=O) groups is 1. The monoisotopic (exact) mass is 306 g/mol. The van der Waals surface area contributed by atoms with E-state index in [-0.39, 0.29) is 5.78 Å². The first-order valence-electron chi connectivity index (χ1n) is 7.14. The lowest BCUT2D eigenvalue weighted by atomic mass is 10.0. The maximum Gasteiger partial charge on any atom is 0.184 e. The van der Waals surface area contributed by atoms with Gasteiger partial charge in [-0.2, -0.15) is 0 Å². The molecule has 0 N–H and O–H groups in total. The quantitative estimate of drug-likeness (QED) is 0.469. The molecule has 0 bridgehead atoms. The molecule has 0 amide bonds. The van der Waals surface area contributed by atoms with Gasteiger partial charge in [0.15, 0.2) is 5.78 Å². The molecule has 0 radical (unpaired) electrons. The Labute approximate surface area is 134 Å². The van der Waals surface area contributed by atoms with Crippen LogP contribution in [0.5, 0.6) is 0 Å². The third-order valence-electron chi connectivity index (χ3n) is 3.54. The first kappa shape index (κ1) is 14.6. The molecule has 0 saturated heterocycles. The van der Waals surface area contributed by atoms with E-state index in [1.807, 2.05) is 78.9 Å². The average molecular weight is 307 g/mol. The summed E-state index contributed by atoms with van der Waals surface area (Å²) in [4.78, 5) is 12.4. The van der Waals surface area contributed by atoms with Crippen molar-refractivity contribution in [2.75, 3.05) is 0 Å². The van der Waals surface area contributed by atoms with Crippen molar-refractivity contribution < 1.29 is 4.79 Å². The highest BCUT2D eigenvalue weighted by Gasteiger charge is 2.14. The van der Waals surface area contributed by atoms with Crippen LogP contribution in [-0.2, 0) is 0 Å². The van der Waals surface area contributed by atoms with Gasteiger partial charge in [-0.15, -0.1) is 11.6 Å². The predicted octanol–water partition coefficient (Wildman–Crippen LogP) is 5.34. The highest BCUT2D eigenvalue weighted by Crippen LogP contribution is 2.18. The van der Waals surface area contributed by atoms with E-state index in [1.165, 1.54) is 0 Å². The van der Waals surface area contributed by atoms with E-state index in [1.54, 1.807) is 6.08 Å². The second-order valence-corrected chi connectivity index (χ2v) is 5.57. The van der Waals surface area contributed by atoms with Crippen LogP contribution in [0, 0.1) is 0 Å². The first-order valence-corrected chi connectivity index (χ1v) is 7.58. The van der Waals surface area contributed by atoms with Gasteiger partial charge in [0.05, 0.1) is 0 Å². The molecular weight excluding hydrogens is 292 g/mol. The summed E-state index contributed by atoms with van der Waals surface area (Å²) < 4.78 is 0. The standard InChI is InChI=1S/C20H15ClO/c21-19(13-10-15-6-2-1-3-7-15)20(22)18-12-11-16-8-4-5-9-17(16)14-18/h1-14,19H. The number of halogens is 1. The number of Topliss-reactive ketones (excluding diaryl/α,β-unsaturated/α-hetero) is 1. The number of carbonyl (C=O) groups excluding carboxylic acids is 1. The Hall–Kier alpha value is -2.38. The van der Waals surface area contributed by atoms with E-state index in [4.69, 9.17) is 11.6 Å². The summed E-state index contributed by atoms with van der Waals surface area (Å²) in [5, 5.41) is 1.50. The lowest BCUT2D eigenvalue weighted by molar-refractivity contribution is 0.0999. The molecule has 0 aliphatic rings. The van der Waals surface area contributed by atoms with Crippen molar-refractivity contribution in [3.8, 4) is 0 Å². The van der Waals surface area contributed by atoms with Gasteiger partial charge in [-0.05, 0) is 22.4 Å². The molecule has 1 atom stereocenters. The third-order valence-corrected chi connectivity index (χ3v) is 3.89. The maximum absolute atomic E-state index is 12.4. The summed E-state index contributed by atoms with van der Waals surface area (Å²) >= 11 is 6.23. The Morgan fingerprint density at radius 1 is 0.864 bits per heavy atom. The fourth-order valence-electron chi connectivity index (χ4n) is 2.35. The molecule has 0 spiro atoms. The fraction of sp³-hybridized carbons (Fsp3) is 0.0500. The average Bonchev–Trinajstić information content (AvgIpc) is 2.59. The number of hydrogen-bond donors (Lipinski definition) is 0. The Morgan fingerprint density at radius 2 is 1.55 bits per heavy atom. The molecule has 3 aromatic rings. The van der Waals surface area contributed by atoms with Gasteiger partial charge in [0, 0.05) is 5.56 Å². The minimum Gasteiger partial charge on any atom is -0.292 e. The van der Waals surface area contributed by atoms with Crippen molar-refractivity contribution >= 4 is 34.2 Å². The summed E-state index contributed by atoms with van der Waals surface area (Å²) in [6.45, 7) is 0. The van der Waals surface area contributed by atoms with Crippen LogP contribution in [-0.4, -0.2) is 11.2 Å². The van der Waals surface area contributed by atoms with Crippen LogP contribution in [0.2, 0.25) is 0 Å². The number of rotatable bonds is 4. The number of hydrogen-bond acceptors (Lipinski definition) is 1. The van der Waals surface area contributed by atoms with E-state index in [0.29, 0.717) is 5.56 Å². The lowest BCUT2D eigenvalue weighted by Gasteiger charge is -2.05. The molecule has 3 aromatic carbocycles. The number of allylic oxidation sites excluding steroid dienone is 1. The number of benzene rings is 3. The number of alkyl halides is 1. The summed E-state index contributed by atoms with van der Waals surface area (Å²) in [6.07, 6.45) is 3.60. The van der Waals surface area contributed by atoms with E-state index in [0.717, 1.165) is 16.3 Å². The Bertz CT molecular complexity index is 821.